The second kappa shape index (κ2) is 6.62. The van der Waals surface area contributed by atoms with Crippen molar-refractivity contribution in [3.8, 4) is 0 Å². The molecule has 31 heavy (non-hydrogen) atoms. The van der Waals surface area contributed by atoms with Crippen LogP contribution < -0.4 is 0 Å². The first-order valence-corrected chi connectivity index (χ1v) is 12.4. The molecule has 0 aromatic carbocycles. The normalized spacial score (nSPS) is 48.0. The van der Waals surface area contributed by atoms with Crippen LogP contribution in [0.4, 0.5) is 0 Å². The van der Waals surface area contributed by atoms with E-state index < -0.39 is 11.5 Å². The van der Waals surface area contributed by atoms with E-state index in [0.29, 0.717) is 17.3 Å². The molecular weight excluding hydrogens is 388 g/mol. The van der Waals surface area contributed by atoms with Crippen molar-refractivity contribution in [1.82, 2.24) is 0 Å². The van der Waals surface area contributed by atoms with Gasteiger partial charge in [-0.05, 0) is 85.5 Å². The van der Waals surface area contributed by atoms with Crippen LogP contribution in [0.2, 0.25) is 0 Å². The van der Waals surface area contributed by atoms with Crippen LogP contribution >= 0.6 is 0 Å². The lowest BCUT2D eigenvalue weighted by molar-refractivity contribution is -0.217. The van der Waals surface area contributed by atoms with Gasteiger partial charge in [0.05, 0.1) is 17.8 Å². The van der Waals surface area contributed by atoms with Gasteiger partial charge in [0.25, 0.3) is 0 Å². The van der Waals surface area contributed by atoms with E-state index in [4.69, 9.17) is 9.15 Å². The van der Waals surface area contributed by atoms with E-state index in [2.05, 4.69) is 34.6 Å². The molecule has 4 nitrogen and oxygen atoms in total. The zero-order chi connectivity index (χ0) is 22.4. The molecule has 1 N–H and O–H groups in total. The van der Waals surface area contributed by atoms with Crippen molar-refractivity contribution in [2.75, 3.05) is 0 Å². The topological polar surface area (TPSA) is 59.7 Å². The van der Waals surface area contributed by atoms with Crippen molar-refractivity contribution >= 4 is 5.97 Å². The zero-order valence-electron chi connectivity index (χ0n) is 20.2. The molecule has 4 aliphatic rings. The van der Waals surface area contributed by atoms with Crippen LogP contribution in [0.25, 0.3) is 0 Å². The summed E-state index contributed by atoms with van der Waals surface area (Å²) in [5.74, 6) is 2.00. The lowest BCUT2D eigenvalue weighted by Gasteiger charge is -2.69. The quantitative estimate of drug-likeness (QED) is 0.543. The van der Waals surface area contributed by atoms with E-state index in [0.717, 1.165) is 24.2 Å². The maximum absolute atomic E-state index is 11.9. The molecule has 172 valence electrons. The van der Waals surface area contributed by atoms with Gasteiger partial charge in [0, 0.05) is 12.5 Å². The first-order chi connectivity index (χ1) is 14.4. The van der Waals surface area contributed by atoms with Gasteiger partial charge < -0.3 is 14.3 Å². The highest BCUT2D eigenvalue weighted by atomic mass is 16.5. The molecule has 4 heteroatoms. The van der Waals surface area contributed by atoms with Crippen molar-refractivity contribution in [2.45, 2.75) is 104 Å². The Labute approximate surface area is 187 Å². The Balaban J connectivity index is 1.61. The van der Waals surface area contributed by atoms with Crippen LogP contribution in [-0.4, -0.2) is 17.2 Å². The summed E-state index contributed by atoms with van der Waals surface area (Å²) in [4.78, 5) is 11.9. The molecule has 0 spiro atoms. The van der Waals surface area contributed by atoms with Gasteiger partial charge >= 0.3 is 5.97 Å². The fraction of sp³-hybridized carbons (Fsp3) is 0.815. The highest BCUT2D eigenvalue weighted by molar-refractivity contribution is 5.66. The van der Waals surface area contributed by atoms with Crippen molar-refractivity contribution < 1.29 is 19.1 Å². The van der Waals surface area contributed by atoms with Gasteiger partial charge in [-0.15, -0.1) is 0 Å². The minimum Gasteiger partial charge on any atom is -0.468 e. The molecule has 0 radical (unpaired) electrons. The lowest BCUT2D eigenvalue weighted by Crippen LogP contribution is -2.66. The van der Waals surface area contributed by atoms with Gasteiger partial charge in [0.2, 0.25) is 0 Å². The Morgan fingerprint density at radius 3 is 2.45 bits per heavy atom. The molecule has 1 aromatic heterocycles. The first-order valence-electron chi connectivity index (χ1n) is 12.4. The van der Waals surface area contributed by atoms with Gasteiger partial charge in [-0.2, -0.15) is 0 Å². The first kappa shape index (κ1) is 21.6. The minimum absolute atomic E-state index is 0.0928. The molecule has 5 rings (SSSR count). The molecule has 1 heterocycles. The van der Waals surface area contributed by atoms with Crippen LogP contribution in [-0.2, 0) is 14.9 Å². The summed E-state index contributed by atoms with van der Waals surface area (Å²) in [6.45, 7) is 13.6. The van der Waals surface area contributed by atoms with Crippen LogP contribution in [0.5, 0.6) is 0 Å². The van der Waals surface area contributed by atoms with Crippen molar-refractivity contribution in [1.29, 1.82) is 0 Å². The van der Waals surface area contributed by atoms with E-state index in [9.17, 15) is 9.90 Å². The number of rotatable bonds is 1. The number of furan rings is 1. The van der Waals surface area contributed by atoms with E-state index in [1.165, 1.54) is 39.0 Å². The van der Waals surface area contributed by atoms with E-state index in [1.807, 2.05) is 6.07 Å². The Kier molecular flexibility index (Phi) is 4.60. The molecule has 0 saturated heterocycles. The molecule has 4 aliphatic carbocycles. The lowest BCUT2D eigenvalue weighted by atomic mass is 9.35. The molecule has 3 saturated carbocycles. The smallest absolute Gasteiger partial charge is 0.303 e. The van der Waals surface area contributed by atoms with Gasteiger partial charge in [-0.25, -0.2) is 0 Å². The summed E-state index contributed by atoms with van der Waals surface area (Å²) in [6.07, 6.45) is 8.88. The number of hydrogen-bond donors (Lipinski definition) is 1. The number of fused-ring (bicyclic) bond motifs is 7. The SMILES string of the molecule is CC(=O)O[C@H]1C[C@H]2[C@]3(C)CC[C@H]4C(C)(C)CCC[C@]4(C)[C@H]3C[C@@H](O)[C@]2(C)c2occc21. The Hall–Kier alpha value is -1.29. The molecule has 1 aromatic rings. The highest BCUT2D eigenvalue weighted by Crippen LogP contribution is 2.72. The third-order valence-corrected chi connectivity index (χ3v) is 10.8. The summed E-state index contributed by atoms with van der Waals surface area (Å²) in [7, 11) is 0. The number of aliphatic hydroxyl groups is 1. The molecular formula is C27H40O4. The predicted molar refractivity (Wildman–Crippen MR) is 119 cm³/mol. The average molecular weight is 429 g/mol. The van der Waals surface area contributed by atoms with Gasteiger partial charge in [0.1, 0.15) is 11.9 Å². The second-order valence-corrected chi connectivity index (χ2v) is 12.6. The number of hydrogen-bond acceptors (Lipinski definition) is 4. The largest absolute Gasteiger partial charge is 0.468 e. The number of ether oxygens (including phenoxy) is 1. The van der Waals surface area contributed by atoms with Crippen molar-refractivity contribution in [3.63, 3.8) is 0 Å². The van der Waals surface area contributed by atoms with Crippen LogP contribution in [0.1, 0.15) is 104 Å². The summed E-state index contributed by atoms with van der Waals surface area (Å²) in [5.41, 5.74) is 1.22. The number of carbonyl (C=O) groups excluding carboxylic acids is 1. The standard InChI is InChI=1S/C27H40O4/c1-16(28)31-18-14-21-26(5)12-8-19-24(2,3)10-7-11-25(19,4)20(26)15-22(29)27(21,6)23-17(18)9-13-30-23/h9,13,18-22,29H,7-8,10-12,14-15H2,1-6H3/t18-,19-,20+,21-,22+,25-,26+,27+/m0/s1. The van der Waals surface area contributed by atoms with Gasteiger partial charge in [-0.3, -0.25) is 4.79 Å². The maximum atomic E-state index is 11.9. The molecule has 0 unspecified atom stereocenters. The van der Waals surface area contributed by atoms with Gasteiger partial charge in [-0.1, -0.05) is 34.1 Å². The van der Waals surface area contributed by atoms with Crippen LogP contribution in [0.15, 0.2) is 16.7 Å². The molecule has 3 fully saturated rings. The predicted octanol–water partition coefficient (Wildman–Crippen LogP) is 6.17. The second-order valence-electron chi connectivity index (χ2n) is 12.6. The summed E-state index contributed by atoms with van der Waals surface area (Å²) in [6, 6.07) is 1.94. The van der Waals surface area contributed by atoms with Gasteiger partial charge in [0.15, 0.2) is 0 Å². The fourth-order valence-electron chi connectivity index (χ4n) is 9.51. The van der Waals surface area contributed by atoms with Crippen LogP contribution in [0.3, 0.4) is 0 Å². The Morgan fingerprint density at radius 2 is 1.74 bits per heavy atom. The molecule has 0 amide bonds. The Bertz CT molecular complexity index is 886. The van der Waals surface area contributed by atoms with E-state index in [1.54, 1.807) is 6.26 Å². The minimum atomic E-state index is -0.445. The molecule has 0 aliphatic heterocycles. The number of esters is 1. The van der Waals surface area contributed by atoms with E-state index >= 15 is 0 Å². The molecule has 8 atom stereocenters. The summed E-state index contributed by atoms with van der Waals surface area (Å²) >= 11 is 0. The number of aliphatic hydroxyl groups excluding tert-OH is 1. The number of carbonyl (C=O) groups is 1. The van der Waals surface area contributed by atoms with Crippen LogP contribution in [0, 0.1) is 34.0 Å². The summed E-state index contributed by atoms with van der Waals surface area (Å²) < 4.78 is 11.9. The third-order valence-electron chi connectivity index (χ3n) is 10.8. The van der Waals surface area contributed by atoms with E-state index in [-0.39, 0.29) is 28.8 Å². The Morgan fingerprint density at radius 1 is 1.03 bits per heavy atom. The average Bonchev–Trinajstić information content (AvgIpc) is 3.16. The zero-order valence-corrected chi connectivity index (χ0v) is 20.2. The highest BCUT2D eigenvalue weighted by Gasteiger charge is 2.68. The monoisotopic (exact) mass is 428 g/mol. The fourth-order valence-corrected chi connectivity index (χ4v) is 9.51. The maximum Gasteiger partial charge on any atom is 0.303 e. The molecule has 0 bridgehead atoms. The summed E-state index contributed by atoms with van der Waals surface area (Å²) in [5, 5.41) is 11.7. The van der Waals surface area contributed by atoms with Crippen molar-refractivity contribution in [2.24, 2.45) is 34.0 Å². The third kappa shape index (κ3) is 2.72. The van der Waals surface area contributed by atoms with Crippen molar-refractivity contribution in [3.05, 3.63) is 23.7 Å².